The first kappa shape index (κ1) is 9.42. The van der Waals surface area contributed by atoms with Gasteiger partial charge >= 0.3 is 0 Å². The fourth-order valence-electron chi connectivity index (χ4n) is 0.931. The number of hydrogen-bond acceptors (Lipinski definition) is 2. The molecule has 1 unspecified atom stereocenters. The Morgan fingerprint density at radius 2 is 2.42 bits per heavy atom. The van der Waals surface area contributed by atoms with E-state index in [2.05, 4.69) is 27.5 Å². The van der Waals surface area contributed by atoms with E-state index in [-0.39, 0.29) is 6.04 Å². The summed E-state index contributed by atoms with van der Waals surface area (Å²) in [6.45, 7) is 3.63. The van der Waals surface area contributed by atoms with E-state index in [0.717, 1.165) is 16.7 Å². The Hall–Kier alpha value is -0.670. The van der Waals surface area contributed by atoms with Gasteiger partial charge in [-0.1, -0.05) is 12.1 Å². The van der Waals surface area contributed by atoms with Gasteiger partial charge in [0, 0.05) is 0 Å². The van der Waals surface area contributed by atoms with Gasteiger partial charge < -0.3 is 5.73 Å². The van der Waals surface area contributed by atoms with Crippen LogP contribution in [0.15, 0.2) is 35.5 Å². The van der Waals surface area contributed by atoms with Gasteiger partial charge in [0.2, 0.25) is 0 Å². The van der Waals surface area contributed by atoms with Crippen LogP contribution in [0.3, 0.4) is 0 Å². The van der Waals surface area contributed by atoms with Gasteiger partial charge in [-0.15, -0.1) is 6.58 Å². The van der Waals surface area contributed by atoms with Crippen molar-refractivity contribution in [2.75, 3.05) is 0 Å². The van der Waals surface area contributed by atoms with Gasteiger partial charge in [-0.3, -0.25) is 0 Å². The van der Waals surface area contributed by atoms with E-state index >= 15 is 0 Å². The molecule has 3 heteroatoms. The van der Waals surface area contributed by atoms with Crippen molar-refractivity contribution in [3.63, 3.8) is 0 Å². The second-order valence-electron chi connectivity index (χ2n) is 2.52. The molecule has 0 spiro atoms. The maximum absolute atomic E-state index is 5.82. The standard InChI is InChI=1S/C9H11BrN2/c1-2-4-7(11)8-5-3-6-9(10)12-8/h2-3,5-7H,1,4,11H2. The van der Waals surface area contributed by atoms with Crippen LogP contribution in [-0.4, -0.2) is 4.98 Å². The molecule has 0 aromatic carbocycles. The van der Waals surface area contributed by atoms with Crippen molar-refractivity contribution in [2.45, 2.75) is 12.5 Å². The number of nitrogens with two attached hydrogens (primary N) is 1. The van der Waals surface area contributed by atoms with Crippen LogP contribution in [0.5, 0.6) is 0 Å². The van der Waals surface area contributed by atoms with Crippen LogP contribution in [-0.2, 0) is 0 Å². The summed E-state index contributed by atoms with van der Waals surface area (Å²) >= 11 is 3.29. The molecule has 0 aliphatic carbocycles. The highest BCUT2D eigenvalue weighted by molar-refractivity contribution is 9.10. The zero-order valence-corrected chi connectivity index (χ0v) is 8.29. The second-order valence-corrected chi connectivity index (χ2v) is 3.33. The number of aromatic nitrogens is 1. The fraction of sp³-hybridized carbons (Fsp3) is 0.222. The number of halogens is 1. The van der Waals surface area contributed by atoms with Gasteiger partial charge in [0.15, 0.2) is 0 Å². The van der Waals surface area contributed by atoms with Crippen molar-refractivity contribution in [1.29, 1.82) is 0 Å². The summed E-state index contributed by atoms with van der Waals surface area (Å²) in [6.07, 6.45) is 2.55. The Labute approximate surface area is 80.6 Å². The lowest BCUT2D eigenvalue weighted by molar-refractivity contribution is 0.711. The van der Waals surface area contributed by atoms with Crippen molar-refractivity contribution in [1.82, 2.24) is 4.98 Å². The minimum absolute atomic E-state index is 0.0417. The van der Waals surface area contributed by atoms with Gasteiger partial charge in [-0.25, -0.2) is 4.98 Å². The Balaban J connectivity index is 2.80. The van der Waals surface area contributed by atoms with Crippen molar-refractivity contribution >= 4 is 15.9 Å². The third-order valence-electron chi connectivity index (χ3n) is 1.54. The molecule has 0 amide bonds. The highest BCUT2D eigenvalue weighted by Crippen LogP contribution is 2.14. The van der Waals surface area contributed by atoms with Crippen LogP contribution in [0.4, 0.5) is 0 Å². The molecule has 2 nitrogen and oxygen atoms in total. The average molecular weight is 227 g/mol. The molecule has 0 saturated heterocycles. The highest BCUT2D eigenvalue weighted by atomic mass is 79.9. The molecule has 0 aliphatic rings. The zero-order valence-electron chi connectivity index (χ0n) is 6.70. The summed E-state index contributed by atoms with van der Waals surface area (Å²) in [5.41, 5.74) is 6.71. The average Bonchev–Trinajstić information content (AvgIpc) is 2.05. The van der Waals surface area contributed by atoms with Crippen molar-refractivity contribution in [3.05, 3.63) is 41.2 Å². The molecule has 64 valence electrons. The smallest absolute Gasteiger partial charge is 0.106 e. The number of rotatable bonds is 3. The summed E-state index contributed by atoms with van der Waals surface area (Å²) in [5.74, 6) is 0. The molecule has 1 aromatic heterocycles. The molecule has 1 aromatic rings. The van der Waals surface area contributed by atoms with E-state index in [9.17, 15) is 0 Å². The van der Waals surface area contributed by atoms with Crippen LogP contribution in [0.1, 0.15) is 18.2 Å². The maximum atomic E-state index is 5.82. The number of pyridine rings is 1. The molecule has 1 heterocycles. The van der Waals surface area contributed by atoms with E-state index < -0.39 is 0 Å². The van der Waals surface area contributed by atoms with Crippen molar-refractivity contribution < 1.29 is 0 Å². The van der Waals surface area contributed by atoms with Gasteiger partial charge in [0.1, 0.15) is 4.60 Å². The second kappa shape index (κ2) is 4.38. The van der Waals surface area contributed by atoms with E-state index in [4.69, 9.17) is 5.73 Å². The monoisotopic (exact) mass is 226 g/mol. The molecular formula is C9H11BrN2. The normalized spacial score (nSPS) is 12.5. The third-order valence-corrected chi connectivity index (χ3v) is 1.98. The Morgan fingerprint density at radius 3 is 3.00 bits per heavy atom. The lowest BCUT2D eigenvalue weighted by atomic mass is 10.1. The number of hydrogen-bond donors (Lipinski definition) is 1. The van der Waals surface area contributed by atoms with Gasteiger partial charge in [-0.05, 0) is 34.5 Å². The highest BCUT2D eigenvalue weighted by Gasteiger charge is 2.04. The van der Waals surface area contributed by atoms with Crippen molar-refractivity contribution in [2.24, 2.45) is 5.73 Å². The lowest BCUT2D eigenvalue weighted by Gasteiger charge is -2.07. The number of nitrogens with zero attached hydrogens (tertiary/aromatic N) is 1. The van der Waals surface area contributed by atoms with Crippen molar-refractivity contribution in [3.8, 4) is 0 Å². The maximum Gasteiger partial charge on any atom is 0.106 e. The van der Waals surface area contributed by atoms with Crippen LogP contribution >= 0.6 is 15.9 Å². The summed E-state index contributed by atoms with van der Waals surface area (Å²) in [4.78, 5) is 4.24. The molecule has 1 atom stereocenters. The van der Waals surface area contributed by atoms with Gasteiger partial charge in [0.25, 0.3) is 0 Å². The van der Waals surface area contributed by atoms with Gasteiger partial charge in [-0.2, -0.15) is 0 Å². The largest absolute Gasteiger partial charge is 0.322 e. The van der Waals surface area contributed by atoms with E-state index in [1.165, 1.54) is 0 Å². The first-order chi connectivity index (χ1) is 5.74. The van der Waals surface area contributed by atoms with Gasteiger partial charge in [0.05, 0.1) is 11.7 Å². The Morgan fingerprint density at radius 1 is 1.67 bits per heavy atom. The Kier molecular flexibility index (Phi) is 3.44. The molecule has 0 saturated carbocycles. The Bertz CT molecular complexity index is 273. The lowest BCUT2D eigenvalue weighted by Crippen LogP contribution is -2.10. The summed E-state index contributed by atoms with van der Waals surface area (Å²) < 4.78 is 0.819. The molecule has 0 radical (unpaired) electrons. The van der Waals surface area contributed by atoms with E-state index in [0.29, 0.717) is 0 Å². The fourth-order valence-corrected chi connectivity index (χ4v) is 1.29. The minimum atomic E-state index is -0.0417. The molecule has 0 bridgehead atoms. The summed E-state index contributed by atoms with van der Waals surface area (Å²) in [7, 11) is 0. The molecule has 1 rings (SSSR count). The summed E-state index contributed by atoms with van der Waals surface area (Å²) in [6, 6.07) is 5.68. The molecule has 0 fully saturated rings. The first-order valence-electron chi connectivity index (χ1n) is 3.73. The first-order valence-corrected chi connectivity index (χ1v) is 4.52. The molecule has 12 heavy (non-hydrogen) atoms. The quantitative estimate of drug-likeness (QED) is 0.636. The molecule has 0 aliphatic heterocycles. The predicted octanol–water partition coefficient (Wildman–Crippen LogP) is 2.42. The third kappa shape index (κ3) is 2.43. The molecule has 2 N–H and O–H groups in total. The van der Waals surface area contributed by atoms with Crippen LogP contribution in [0.25, 0.3) is 0 Å². The SMILES string of the molecule is C=CCC(N)c1cccc(Br)n1. The van der Waals surface area contributed by atoms with E-state index in [1.807, 2.05) is 18.2 Å². The zero-order chi connectivity index (χ0) is 8.97. The predicted molar refractivity (Wildman–Crippen MR) is 53.7 cm³/mol. The minimum Gasteiger partial charge on any atom is -0.322 e. The topological polar surface area (TPSA) is 38.9 Å². The van der Waals surface area contributed by atoms with Crippen LogP contribution < -0.4 is 5.73 Å². The summed E-state index contributed by atoms with van der Waals surface area (Å²) in [5, 5.41) is 0. The van der Waals surface area contributed by atoms with Crippen LogP contribution in [0, 0.1) is 0 Å². The molecular weight excluding hydrogens is 216 g/mol. The van der Waals surface area contributed by atoms with Crippen LogP contribution in [0.2, 0.25) is 0 Å². The van der Waals surface area contributed by atoms with E-state index in [1.54, 1.807) is 6.08 Å².